The zero-order chi connectivity index (χ0) is 18.1. The molecule has 25 heavy (non-hydrogen) atoms. The van der Waals surface area contributed by atoms with Crippen LogP contribution in [0.3, 0.4) is 0 Å². The molecule has 0 saturated carbocycles. The molecule has 0 aliphatic rings. The summed E-state index contributed by atoms with van der Waals surface area (Å²) in [5.41, 5.74) is 4.24. The number of hydrogen-bond donors (Lipinski definition) is 1. The van der Waals surface area contributed by atoms with Crippen molar-refractivity contribution in [2.75, 3.05) is 25.6 Å². The van der Waals surface area contributed by atoms with Crippen molar-refractivity contribution in [3.8, 4) is 0 Å². The molecule has 0 atom stereocenters. The Labute approximate surface area is 150 Å². The maximum absolute atomic E-state index is 12.9. The first kappa shape index (κ1) is 18.9. The van der Waals surface area contributed by atoms with E-state index in [1.807, 2.05) is 18.2 Å². The van der Waals surface area contributed by atoms with Crippen LogP contribution < -0.4 is 5.32 Å². The van der Waals surface area contributed by atoms with Gasteiger partial charge in [-0.1, -0.05) is 38.1 Å². The van der Waals surface area contributed by atoms with Crippen LogP contribution in [0.2, 0.25) is 0 Å². The average molecular weight is 341 g/mol. The molecular formula is C20H27N3O2. The number of aryl methyl sites for hydroxylation is 2. The van der Waals surface area contributed by atoms with Crippen molar-refractivity contribution >= 4 is 11.7 Å². The number of pyridine rings is 1. The quantitative estimate of drug-likeness (QED) is 0.792. The number of urea groups is 1. The number of amides is 2. The first-order valence-corrected chi connectivity index (χ1v) is 8.74. The van der Waals surface area contributed by atoms with Crippen LogP contribution in [0.25, 0.3) is 0 Å². The molecule has 0 fully saturated rings. The molecule has 5 nitrogen and oxygen atoms in total. The van der Waals surface area contributed by atoms with E-state index in [1.165, 1.54) is 0 Å². The molecule has 1 aromatic heterocycles. The number of ether oxygens (including phenoxy) is 1. The van der Waals surface area contributed by atoms with Crippen LogP contribution in [-0.2, 0) is 24.1 Å². The summed E-state index contributed by atoms with van der Waals surface area (Å²) in [4.78, 5) is 18.8. The summed E-state index contributed by atoms with van der Waals surface area (Å²) in [6.45, 7) is 5.71. The fraction of sp³-hybridized carbons (Fsp3) is 0.400. The van der Waals surface area contributed by atoms with Crippen LogP contribution in [-0.4, -0.2) is 36.2 Å². The normalized spacial score (nSPS) is 10.5. The third-order valence-corrected chi connectivity index (χ3v) is 4.18. The highest BCUT2D eigenvalue weighted by Crippen LogP contribution is 2.23. The lowest BCUT2D eigenvalue weighted by atomic mass is 10.0. The van der Waals surface area contributed by atoms with Crippen LogP contribution >= 0.6 is 0 Å². The largest absolute Gasteiger partial charge is 0.383 e. The first-order chi connectivity index (χ1) is 12.2. The molecule has 2 rings (SSSR count). The average Bonchev–Trinajstić information content (AvgIpc) is 2.65. The van der Waals surface area contributed by atoms with Gasteiger partial charge in [-0.25, -0.2) is 4.79 Å². The van der Waals surface area contributed by atoms with Gasteiger partial charge in [0.15, 0.2) is 0 Å². The molecule has 0 radical (unpaired) electrons. The van der Waals surface area contributed by atoms with E-state index in [-0.39, 0.29) is 6.03 Å². The highest BCUT2D eigenvalue weighted by atomic mass is 16.5. The topological polar surface area (TPSA) is 54.5 Å². The molecule has 1 heterocycles. The van der Waals surface area contributed by atoms with E-state index in [4.69, 9.17) is 4.74 Å². The van der Waals surface area contributed by atoms with E-state index in [0.717, 1.165) is 35.2 Å². The fourth-order valence-electron chi connectivity index (χ4n) is 2.76. The lowest BCUT2D eigenvalue weighted by molar-refractivity contribution is 0.152. The fourth-order valence-corrected chi connectivity index (χ4v) is 2.76. The van der Waals surface area contributed by atoms with Gasteiger partial charge in [-0.2, -0.15) is 0 Å². The van der Waals surface area contributed by atoms with Gasteiger partial charge in [-0.05, 0) is 35.6 Å². The summed E-state index contributed by atoms with van der Waals surface area (Å²) in [5, 5.41) is 3.12. The summed E-state index contributed by atoms with van der Waals surface area (Å²) >= 11 is 0. The molecule has 2 aromatic rings. The van der Waals surface area contributed by atoms with Crippen molar-refractivity contribution in [1.82, 2.24) is 9.88 Å². The minimum atomic E-state index is -0.114. The van der Waals surface area contributed by atoms with Crippen molar-refractivity contribution in [3.05, 3.63) is 59.4 Å². The molecule has 5 heteroatoms. The van der Waals surface area contributed by atoms with Gasteiger partial charge in [0.25, 0.3) is 0 Å². The van der Waals surface area contributed by atoms with Crippen LogP contribution in [0.5, 0.6) is 0 Å². The number of carbonyl (C=O) groups excluding carboxylic acids is 1. The van der Waals surface area contributed by atoms with Gasteiger partial charge in [-0.15, -0.1) is 0 Å². The molecule has 134 valence electrons. The number of nitrogens with zero attached hydrogens (tertiary/aromatic N) is 2. The van der Waals surface area contributed by atoms with Crippen LogP contribution in [0.1, 0.15) is 30.5 Å². The Balaban J connectivity index is 2.19. The molecule has 0 aliphatic carbocycles. The number of benzene rings is 1. The van der Waals surface area contributed by atoms with Crippen molar-refractivity contribution in [1.29, 1.82) is 0 Å². The van der Waals surface area contributed by atoms with Crippen molar-refractivity contribution < 1.29 is 9.53 Å². The summed E-state index contributed by atoms with van der Waals surface area (Å²) in [5.74, 6) is 0. The number of aromatic nitrogens is 1. The molecule has 0 bridgehead atoms. The summed E-state index contributed by atoms with van der Waals surface area (Å²) in [6.07, 6.45) is 5.27. The van der Waals surface area contributed by atoms with Gasteiger partial charge >= 0.3 is 6.03 Å². The Morgan fingerprint density at radius 2 is 1.88 bits per heavy atom. The molecule has 0 aliphatic heterocycles. The smallest absolute Gasteiger partial charge is 0.322 e. The first-order valence-electron chi connectivity index (χ1n) is 8.74. The van der Waals surface area contributed by atoms with E-state index in [2.05, 4.69) is 36.3 Å². The van der Waals surface area contributed by atoms with Gasteiger partial charge in [0.2, 0.25) is 0 Å². The molecule has 2 amide bonds. The van der Waals surface area contributed by atoms with Gasteiger partial charge in [-0.3, -0.25) is 4.98 Å². The lowest BCUT2D eigenvalue weighted by Gasteiger charge is -2.24. The Kier molecular flexibility index (Phi) is 7.41. The number of rotatable bonds is 8. The zero-order valence-corrected chi connectivity index (χ0v) is 15.3. The number of nitrogens with one attached hydrogen (secondary N) is 1. The molecular weight excluding hydrogens is 314 g/mol. The zero-order valence-electron chi connectivity index (χ0n) is 15.3. The molecule has 1 N–H and O–H groups in total. The molecule has 0 spiro atoms. The predicted molar refractivity (Wildman–Crippen MR) is 101 cm³/mol. The van der Waals surface area contributed by atoms with Crippen LogP contribution in [0.15, 0.2) is 42.7 Å². The number of methoxy groups -OCH3 is 1. The summed E-state index contributed by atoms with van der Waals surface area (Å²) in [6, 6.07) is 9.91. The van der Waals surface area contributed by atoms with Gasteiger partial charge in [0.1, 0.15) is 0 Å². The second-order valence-electron chi connectivity index (χ2n) is 5.86. The van der Waals surface area contributed by atoms with Crippen molar-refractivity contribution in [2.24, 2.45) is 0 Å². The Morgan fingerprint density at radius 3 is 2.44 bits per heavy atom. The van der Waals surface area contributed by atoms with Gasteiger partial charge < -0.3 is 15.0 Å². The molecule has 0 unspecified atom stereocenters. The third-order valence-electron chi connectivity index (χ3n) is 4.18. The lowest BCUT2D eigenvalue weighted by Crippen LogP contribution is -2.37. The number of para-hydroxylation sites is 1. The van der Waals surface area contributed by atoms with Crippen LogP contribution in [0.4, 0.5) is 10.5 Å². The molecule has 1 aromatic carbocycles. The second-order valence-corrected chi connectivity index (χ2v) is 5.86. The van der Waals surface area contributed by atoms with E-state index in [0.29, 0.717) is 19.7 Å². The Bertz CT molecular complexity index is 652. The van der Waals surface area contributed by atoms with E-state index in [9.17, 15) is 4.79 Å². The number of hydrogen-bond acceptors (Lipinski definition) is 3. The van der Waals surface area contributed by atoms with Crippen molar-refractivity contribution in [2.45, 2.75) is 33.2 Å². The minimum Gasteiger partial charge on any atom is -0.383 e. The minimum absolute atomic E-state index is 0.114. The number of anilines is 1. The van der Waals surface area contributed by atoms with E-state index in [1.54, 1.807) is 24.4 Å². The monoisotopic (exact) mass is 341 g/mol. The highest BCUT2D eigenvalue weighted by molar-refractivity contribution is 5.91. The van der Waals surface area contributed by atoms with Gasteiger partial charge in [0.05, 0.1) is 6.61 Å². The Hall–Kier alpha value is -2.40. The predicted octanol–water partition coefficient (Wildman–Crippen LogP) is 3.89. The number of carbonyl (C=O) groups is 1. The van der Waals surface area contributed by atoms with E-state index < -0.39 is 0 Å². The standard InChI is InChI=1S/C20H27N3O2/c1-4-17-9-6-10-18(5-2)19(17)22-20(24)23(12-13-25-3)15-16-8-7-11-21-14-16/h6-11,14H,4-5,12-13,15H2,1-3H3,(H,22,24). The van der Waals surface area contributed by atoms with Gasteiger partial charge in [0, 0.05) is 38.3 Å². The van der Waals surface area contributed by atoms with Crippen LogP contribution in [0, 0.1) is 0 Å². The second kappa shape index (κ2) is 9.79. The van der Waals surface area contributed by atoms with E-state index >= 15 is 0 Å². The molecule has 0 saturated heterocycles. The summed E-state index contributed by atoms with van der Waals surface area (Å²) in [7, 11) is 1.64. The third kappa shape index (κ3) is 5.29. The SMILES string of the molecule is CCc1cccc(CC)c1NC(=O)N(CCOC)Cc1cccnc1. The maximum atomic E-state index is 12.9. The summed E-state index contributed by atoms with van der Waals surface area (Å²) < 4.78 is 5.16. The Morgan fingerprint density at radius 1 is 1.16 bits per heavy atom. The van der Waals surface area contributed by atoms with Crippen molar-refractivity contribution in [3.63, 3.8) is 0 Å². The highest BCUT2D eigenvalue weighted by Gasteiger charge is 2.17. The maximum Gasteiger partial charge on any atom is 0.322 e.